The van der Waals surface area contributed by atoms with Crippen LogP contribution in [-0.2, 0) is 16.6 Å². The number of amides is 1. The van der Waals surface area contributed by atoms with Crippen LogP contribution in [-0.4, -0.2) is 41.7 Å². The van der Waals surface area contributed by atoms with Crippen molar-refractivity contribution in [3.8, 4) is 11.3 Å². The van der Waals surface area contributed by atoms with Crippen LogP contribution in [0.25, 0.3) is 11.3 Å². The SMILES string of the molecule is O=C(NCc1nc(-c2ccncc2)cs1)c1ccc(S(=O)(=O)N2CCCCC2)o1. The highest BCUT2D eigenvalue weighted by molar-refractivity contribution is 7.89. The first kappa shape index (κ1) is 19.7. The quantitative estimate of drug-likeness (QED) is 0.642. The highest BCUT2D eigenvalue weighted by Crippen LogP contribution is 2.23. The lowest BCUT2D eigenvalue weighted by Gasteiger charge is -2.24. The molecule has 10 heteroatoms. The van der Waals surface area contributed by atoms with Gasteiger partial charge in [0.2, 0.25) is 5.09 Å². The Bertz CT molecular complexity index is 1090. The van der Waals surface area contributed by atoms with Crippen molar-refractivity contribution in [3.63, 3.8) is 0 Å². The monoisotopic (exact) mass is 432 g/mol. The van der Waals surface area contributed by atoms with Gasteiger partial charge in [-0.3, -0.25) is 9.78 Å². The predicted octanol–water partition coefficient (Wildman–Crippen LogP) is 2.90. The highest BCUT2D eigenvalue weighted by Gasteiger charge is 2.29. The molecule has 0 unspecified atom stereocenters. The largest absolute Gasteiger partial charge is 0.438 e. The predicted molar refractivity (Wildman–Crippen MR) is 108 cm³/mol. The number of thiazole rings is 1. The van der Waals surface area contributed by atoms with Gasteiger partial charge in [-0.1, -0.05) is 6.42 Å². The first-order chi connectivity index (χ1) is 14.0. The fraction of sp³-hybridized carbons (Fsp3) is 0.316. The molecule has 4 rings (SSSR count). The molecule has 1 fully saturated rings. The Morgan fingerprint density at radius 1 is 1.14 bits per heavy atom. The van der Waals surface area contributed by atoms with Crippen molar-refractivity contribution in [2.45, 2.75) is 30.9 Å². The Morgan fingerprint density at radius 2 is 1.90 bits per heavy atom. The van der Waals surface area contributed by atoms with Crippen molar-refractivity contribution < 1.29 is 17.6 Å². The van der Waals surface area contributed by atoms with E-state index in [2.05, 4.69) is 15.3 Å². The van der Waals surface area contributed by atoms with Crippen LogP contribution >= 0.6 is 11.3 Å². The number of carbonyl (C=O) groups excluding carboxylic acids is 1. The number of rotatable bonds is 6. The Balaban J connectivity index is 1.39. The summed E-state index contributed by atoms with van der Waals surface area (Å²) >= 11 is 1.43. The van der Waals surface area contributed by atoms with Gasteiger partial charge in [0.15, 0.2) is 5.76 Å². The van der Waals surface area contributed by atoms with E-state index < -0.39 is 15.9 Å². The summed E-state index contributed by atoms with van der Waals surface area (Å²) in [5.74, 6) is -0.516. The lowest BCUT2D eigenvalue weighted by molar-refractivity contribution is 0.0917. The standard InChI is InChI=1S/C19H20N4O4S2/c24-19(21-12-17-22-15(13-28-17)14-6-8-20-9-7-14)16-4-5-18(27-16)29(25,26)23-10-2-1-3-11-23/h4-9,13H,1-3,10-12H2,(H,21,24). The van der Waals surface area contributed by atoms with Gasteiger partial charge in [0.25, 0.3) is 15.9 Å². The Hall–Kier alpha value is -2.56. The summed E-state index contributed by atoms with van der Waals surface area (Å²) in [6.07, 6.45) is 6.09. The minimum atomic E-state index is -3.70. The second-order valence-electron chi connectivity index (χ2n) is 6.63. The second kappa shape index (κ2) is 8.44. The smallest absolute Gasteiger partial charge is 0.287 e. The fourth-order valence-electron chi connectivity index (χ4n) is 3.10. The normalized spacial score (nSPS) is 15.3. The zero-order valence-corrected chi connectivity index (χ0v) is 17.2. The van der Waals surface area contributed by atoms with Gasteiger partial charge in [0, 0.05) is 36.4 Å². The molecule has 0 saturated carbocycles. The summed E-state index contributed by atoms with van der Waals surface area (Å²) in [5.41, 5.74) is 1.77. The number of piperidine rings is 1. The maximum Gasteiger partial charge on any atom is 0.287 e. The number of hydrogen-bond acceptors (Lipinski definition) is 7. The number of sulfonamides is 1. The molecule has 3 aromatic heterocycles. The number of nitrogens with one attached hydrogen (secondary N) is 1. The molecule has 1 amide bonds. The van der Waals surface area contributed by atoms with E-state index in [4.69, 9.17) is 4.42 Å². The van der Waals surface area contributed by atoms with E-state index in [-0.39, 0.29) is 17.4 Å². The average Bonchev–Trinajstić information content (AvgIpc) is 3.44. The van der Waals surface area contributed by atoms with Crippen molar-refractivity contribution in [2.24, 2.45) is 0 Å². The van der Waals surface area contributed by atoms with Crippen LogP contribution in [0.3, 0.4) is 0 Å². The third-order valence-electron chi connectivity index (χ3n) is 4.64. The van der Waals surface area contributed by atoms with Gasteiger partial charge in [-0.25, -0.2) is 13.4 Å². The number of aromatic nitrogens is 2. The average molecular weight is 433 g/mol. The molecule has 1 N–H and O–H groups in total. The van der Waals surface area contributed by atoms with Gasteiger partial charge < -0.3 is 9.73 Å². The topological polar surface area (TPSA) is 105 Å². The maximum absolute atomic E-state index is 12.6. The van der Waals surface area contributed by atoms with Crippen molar-refractivity contribution in [3.05, 3.63) is 52.8 Å². The van der Waals surface area contributed by atoms with Crippen LogP contribution in [0, 0.1) is 0 Å². The molecule has 1 aliphatic rings. The molecule has 152 valence electrons. The number of furan rings is 1. The summed E-state index contributed by atoms with van der Waals surface area (Å²) in [6, 6.07) is 6.45. The Labute approximate surface area is 172 Å². The molecule has 1 aliphatic heterocycles. The molecule has 0 bridgehead atoms. The Kier molecular flexibility index (Phi) is 5.74. The summed E-state index contributed by atoms with van der Waals surface area (Å²) in [4.78, 5) is 20.8. The molecule has 29 heavy (non-hydrogen) atoms. The second-order valence-corrected chi connectivity index (χ2v) is 9.44. The minimum Gasteiger partial charge on any atom is -0.438 e. The number of carbonyl (C=O) groups is 1. The maximum atomic E-state index is 12.6. The van der Waals surface area contributed by atoms with E-state index in [0.717, 1.165) is 35.5 Å². The van der Waals surface area contributed by atoms with Gasteiger partial charge in [0.05, 0.1) is 12.2 Å². The van der Waals surface area contributed by atoms with E-state index in [0.29, 0.717) is 13.1 Å². The third kappa shape index (κ3) is 4.39. The lowest BCUT2D eigenvalue weighted by atomic mass is 10.2. The minimum absolute atomic E-state index is 0.0357. The van der Waals surface area contributed by atoms with Crippen LogP contribution in [0.4, 0.5) is 0 Å². The first-order valence-electron chi connectivity index (χ1n) is 9.27. The van der Waals surface area contributed by atoms with E-state index in [1.807, 2.05) is 17.5 Å². The summed E-state index contributed by atoms with van der Waals surface area (Å²) < 4.78 is 32.0. The summed E-state index contributed by atoms with van der Waals surface area (Å²) in [7, 11) is -3.70. The van der Waals surface area contributed by atoms with E-state index in [9.17, 15) is 13.2 Å². The molecule has 0 spiro atoms. The van der Waals surface area contributed by atoms with Gasteiger partial charge in [-0.05, 0) is 37.1 Å². The third-order valence-corrected chi connectivity index (χ3v) is 7.26. The van der Waals surface area contributed by atoms with Gasteiger partial charge >= 0.3 is 0 Å². The van der Waals surface area contributed by atoms with Crippen molar-refractivity contribution in [1.82, 2.24) is 19.6 Å². The van der Waals surface area contributed by atoms with Crippen LogP contribution < -0.4 is 5.32 Å². The highest BCUT2D eigenvalue weighted by atomic mass is 32.2. The van der Waals surface area contributed by atoms with E-state index in [1.54, 1.807) is 12.4 Å². The summed E-state index contributed by atoms with van der Waals surface area (Å²) in [6.45, 7) is 1.19. The zero-order valence-electron chi connectivity index (χ0n) is 15.6. The molecular weight excluding hydrogens is 412 g/mol. The van der Waals surface area contributed by atoms with Gasteiger partial charge in [-0.15, -0.1) is 11.3 Å². The molecule has 0 atom stereocenters. The van der Waals surface area contributed by atoms with Crippen LogP contribution in [0.5, 0.6) is 0 Å². The van der Waals surface area contributed by atoms with E-state index >= 15 is 0 Å². The first-order valence-corrected chi connectivity index (χ1v) is 11.6. The van der Waals surface area contributed by atoms with E-state index in [1.165, 1.54) is 27.8 Å². The van der Waals surface area contributed by atoms with Crippen molar-refractivity contribution in [1.29, 1.82) is 0 Å². The molecule has 0 radical (unpaired) electrons. The molecule has 3 aromatic rings. The number of hydrogen-bond donors (Lipinski definition) is 1. The molecule has 4 heterocycles. The van der Waals surface area contributed by atoms with Crippen molar-refractivity contribution >= 4 is 27.3 Å². The van der Waals surface area contributed by atoms with Crippen LogP contribution in [0.2, 0.25) is 0 Å². The summed E-state index contributed by atoms with van der Waals surface area (Å²) in [5, 5.41) is 5.17. The zero-order chi connectivity index (χ0) is 20.3. The lowest BCUT2D eigenvalue weighted by Crippen LogP contribution is -2.35. The molecule has 8 nitrogen and oxygen atoms in total. The van der Waals surface area contributed by atoms with Gasteiger partial charge in [0.1, 0.15) is 5.01 Å². The number of nitrogens with zero attached hydrogens (tertiary/aromatic N) is 3. The fourth-order valence-corrected chi connectivity index (χ4v) is 5.28. The Morgan fingerprint density at radius 3 is 2.66 bits per heavy atom. The number of pyridine rings is 1. The van der Waals surface area contributed by atoms with Gasteiger partial charge in [-0.2, -0.15) is 4.31 Å². The van der Waals surface area contributed by atoms with Crippen molar-refractivity contribution in [2.75, 3.05) is 13.1 Å². The molecular formula is C19H20N4O4S2. The molecule has 0 aliphatic carbocycles. The van der Waals surface area contributed by atoms with Crippen LogP contribution in [0.15, 0.2) is 51.5 Å². The van der Waals surface area contributed by atoms with Crippen LogP contribution in [0.1, 0.15) is 34.8 Å². The molecule has 0 aromatic carbocycles. The molecule has 1 saturated heterocycles.